The van der Waals surface area contributed by atoms with Gasteiger partial charge in [-0.2, -0.15) is 0 Å². The van der Waals surface area contributed by atoms with E-state index in [-0.39, 0.29) is 6.25 Å². The second-order valence-electron chi connectivity index (χ2n) is 8.74. The average molecular weight is 533 g/mol. The molecule has 160 valence electrons. The van der Waals surface area contributed by atoms with Crippen LogP contribution >= 0.6 is 23.2 Å². The van der Waals surface area contributed by atoms with E-state index in [4.69, 9.17) is 28.8 Å². The van der Waals surface area contributed by atoms with Gasteiger partial charge >= 0.3 is 202 Å². The first-order chi connectivity index (χ1) is 14.6. The minimum atomic E-state index is -4.25. The Balaban J connectivity index is 1.93. The Kier molecular flexibility index (Phi) is 6.16. The first-order valence-corrected chi connectivity index (χ1v) is 15.5. The molecule has 2 nitrogen and oxygen atoms in total. The number of hydrogen-bond acceptors (Lipinski definition) is 2. The molecule has 2 aromatic rings. The minimum absolute atomic E-state index is 0.349. The third-order valence-corrected chi connectivity index (χ3v) is 17.6. The molecule has 4 rings (SSSR count). The third-order valence-electron chi connectivity index (χ3n) is 6.01. The monoisotopic (exact) mass is 530 g/mol. The summed E-state index contributed by atoms with van der Waals surface area (Å²) in [6.07, 6.45) is 13.4. The van der Waals surface area contributed by atoms with Crippen LogP contribution in [-0.4, -0.2) is 0 Å². The van der Waals surface area contributed by atoms with E-state index in [1.807, 2.05) is 48.5 Å². The summed E-state index contributed by atoms with van der Waals surface area (Å²) in [5.41, 5.74) is 2.43. The van der Waals surface area contributed by atoms with Crippen LogP contribution in [-0.2, 0) is 21.1 Å². The first-order valence-electron chi connectivity index (χ1n) is 10.3. The third kappa shape index (κ3) is 4.25. The zero-order valence-corrected chi connectivity index (χ0v) is 22.1. The Bertz CT molecular complexity index is 1010. The van der Waals surface area contributed by atoms with Gasteiger partial charge in [-0.05, 0) is 0 Å². The molecule has 0 saturated heterocycles. The Morgan fingerprint density at radius 3 is 1.29 bits per heavy atom. The van der Waals surface area contributed by atoms with Crippen LogP contribution in [0, 0.1) is 0 Å². The van der Waals surface area contributed by atoms with E-state index in [2.05, 4.69) is 64.2 Å². The van der Waals surface area contributed by atoms with Gasteiger partial charge in [-0.25, -0.2) is 0 Å². The topological polar surface area (TPSA) is 18.5 Å². The summed E-state index contributed by atoms with van der Waals surface area (Å²) in [5.74, 6) is 1.55. The molecule has 31 heavy (non-hydrogen) atoms. The van der Waals surface area contributed by atoms with E-state index in [0.717, 1.165) is 11.5 Å². The van der Waals surface area contributed by atoms with E-state index in [0.29, 0.717) is 10.0 Å². The van der Waals surface area contributed by atoms with Gasteiger partial charge in [0.15, 0.2) is 0 Å². The van der Waals surface area contributed by atoms with Crippen LogP contribution in [0.2, 0.25) is 16.3 Å². The van der Waals surface area contributed by atoms with Crippen molar-refractivity contribution < 1.29 is 26.8 Å². The number of allylic oxidation sites excluding steroid dienone is 8. The summed E-state index contributed by atoms with van der Waals surface area (Å²) in [6, 6.07) is 15.1. The zero-order valence-electron chi connectivity index (χ0n) is 18.2. The molecule has 0 aliphatic heterocycles. The molecule has 2 unspecified atom stereocenters. The molecule has 0 aromatic heterocycles. The van der Waals surface area contributed by atoms with Crippen molar-refractivity contribution in [1.29, 1.82) is 0 Å². The van der Waals surface area contributed by atoms with E-state index in [1.54, 1.807) is 0 Å². The summed E-state index contributed by atoms with van der Waals surface area (Å²) >= 11 is 8.05. The molecule has 0 N–H and O–H groups in total. The van der Waals surface area contributed by atoms with Gasteiger partial charge in [-0.1, -0.05) is 0 Å². The summed E-state index contributed by atoms with van der Waals surface area (Å²) < 4.78 is 13.4. The van der Waals surface area contributed by atoms with Gasteiger partial charge in [0.05, 0.1) is 0 Å². The molecule has 0 amide bonds. The molecule has 0 saturated carbocycles. The van der Waals surface area contributed by atoms with E-state index < -0.39 is 21.1 Å². The van der Waals surface area contributed by atoms with Crippen molar-refractivity contribution in [3.8, 4) is 11.5 Å². The number of halogens is 2. The van der Waals surface area contributed by atoms with Gasteiger partial charge in [0.2, 0.25) is 0 Å². The molecule has 2 aliphatic rings. The van der Waals surface area contributed by atoms with Gasteiger partial charge in [-0.3, -0.25) is 0 Å². The molecule has 2 atom stereocenters. The Hall–Kier alpha value is -1.54. The molecule has 0 radical (unpaired) electrons. The summed E-state index contributed by atoms with van der Waals surface area (Å²) in [4.78, 5) is 0. The molecule has 0 spiro atoms. The molecular weight excluding hydrogens is 506 g/mol. The SMILES string of the molecule is CC1=C[C](C)([Zr]([O]c2ccc(Cl)cc2)([O]c2ccc(Cl)cc2)[C]2(C)C=CC(C)=C2)C=C1. The fraction of sp³-hybridized carbons (Fsp3) is 0.231. The van der Waals surface area contributed by atoms with Crippen molar-refractivity contribution in [2.45, 2.75) is 33.9 Å². The maximum absolute atomic E-state index is 7.07. The Labute approximate surface area is 200 Å². The maximum atomic E-state index is 7.07. The average Bonchev–Trinajstić information content (AvgIpc) is 3.27. The quantitative estimate of drug-likeness (QED) is 0.370. The predicted octanol–water partition coefficient (Wildman–Crippen LogP) is 8.82. The van der Waals surface area contributed by atoms with Crippen molar-refractivity contribution >= 4 is 23.2 Å². The van der Waals surface area contributed by atoms with Gasteiger partial charge in [0.1, 0.15) is 0 Å². The van der Waals surface area contributed by atoms with Crippen molar-refractivity contribution in [2.75, 3.05) is 0 Å². The number of hydrogen-bond donors (Lipinski definition) is 0. The number of benzene rings is 2. The van der Waals surface area contributed by atoms with E-state index >= 15 is 0 Å². The van der Waals surface area contributed by atoms with E-state index in [1.165, 1.54) is 11.1 Å². The van der Waals surface area contributed by atoms with Gasteiger partial charge in [0, 0.05) is 0 Å². The zero-order chi connectivity index (χ0) is 22.3. The Morgan fingerprint density at radius 1 is 0.645 bits per heavy atom. The summed E-state index contributed by atoms with van der Waals surface area (Å²) in [6.45, 7) is 8.72. The summed E-state index contributed by atoms with van der Waals surface area (Å²) in [5, 5.41) is 1.36. The van der Waals surface area contributed by atoms with Crippen LogP contribution in [0.3, 0.4) is 0 Å². The van der Waals surface area contributed by atoms with Crippen LogP contribution in [0.5, 0.6) is 11.5 Å². The molecule has 0 heterocycles. The Morgan fingerprint density at radius 2 is 1.00 bits per heavy atom. The first kappa shape index (κ1) is 22.6. The van der Waals surface area contributed by atoms with Crippen LogP contribution < -0.4 is 5.63 Å². The second-order valence-corrected chi connectivity index (χ2v) is 18.9. The standard InChI is InChI=1S/2C7H9.2C6H5ClO.Zr/c2*1-6-3-4-7(2)5-6;2*7-5-1-3-6(8)4-2-5;/h2*3-5H,1-2H3;2*1-4,8H;/q;;;;+2/p-2. The normalized spacial score (nSPS) is 24.8. The predicted molar refractivity (Wildman–Crippen MR) is 127 cm³/mol. The van der Waals surface area contributed by atoms with Gasteiger partial charge in [-0.15, -0.1) is 0 Å². The second kappa shape index (κ2) is 8.43. The van der Waals surface area contributed by atoms with Crippen LogP contribution in [0.4, 0.5) is 0 Å². The summed E-state index contributed by atoms with van der Waals surface area (Å²) in [7, 11) is 0. The fourth-order valence-corrected chi connectivity index (χ4v) is 15.7. The molecule has 0 bridgehead atoms. The van der Waals surface area contributed by atoms with E-state index in [9.17, 15) is 0 Å². The van der Waals surface area contributed by atoms with Crippen molar-refractivity contribution in [1.82, 2.24) is 0 Å². The van der Waals surface area contributed by atoms with Crippen LogP contribution in [0.1, 0.15) is 27.7 Å². The van der Waals surface area contributed by atoms with Crippen LogP contribution in [0.15, 0.2) is 96.1 Å². The van der Waals surface area contributed by atoms with Crippen molar-refractivity contribution in [3.05, 3.63) is 106 Å². The molecule has 2 aromatic carbocycles. The van der Waals surface area contributed by atoms with Gasteiger partial charge in [0.25, 0.3) is 0 Å². The molecule has 0 fully saturated rings. The molecule has 5 heteroatoms. The van der Waals surface area contributed by atoms with Crippen molar-refractivity contribution in [2.24, 2.45) is 0 Å². The van der Waals surface area contributed by atoms with Crippen molar-refractivity contribution in [3.63, 3.8) is 0 Å². The fourth-order valence-electron chi connectivity index (χ4n) is 4.54. The molecular formula is C26H26Cl2O2Zr. The van der Waals surface area contributed by atoms with Gasteiger partial charge < -0.3 is 0 Å². The number of rotatable bonds is 6. The van der Waals surface area contributed by atoms with Crippen LogP contribution in [0.25, 0.3) is 0 Å². The molecule has 2 aliphatic carbocycles.